The molecule has 1 heterocycles. The molecule has 1 saturated heterocycles. The molecular formula is C13H23ClN4O3. The van der Waals surface area contributed by atoms with E-state index in [-0.39, 0.29) is 43.4 Å². The highest BCUT2D eigenvalue weighted by Crippen LogP contribution is 2.23. The number of imide groups is 1. The molecule has 0 spiro atoms. The van der Waals surface area contributed by atoms with Crippen LogP contribution in [0.15, 0.2) is 0 Å². The summed E-state index contributed by atoms with van der Waals surface area (Å²) in [6, 6.07) is -0.351. The van der Waals surface area contributed by atoms with E-state index in [0.29, 0.717) is 12.5 Å². The number of amides is 4. The van der Waals surface area contributed by atoms with Gasteiger partial charge in [-0.1, -0.05) is 12.8 Å². The van der Waals surface area contributed by atoms with Crippen LogP contribution in [0.1, 0.15) is 25.7 Å². The van der Waals surface area contributed by atoms with Crippen molar-refractivity contribution in [1.82, 2.24) is 15.1 Å². The Kier molecular flexibility index (Phi) is 6.42. The van der Waals surface area contributed by atoms with Gasteiger partial charge in [-0.05, 0) is 25.3 Å². The number of nitrogens with one attached hydrogen (secondary N) is 1. The molecule has 2 fully saturated rings. The van der Waals surface area contributed by atoms with Gasteiger partial charge in [-0.3, -0.25) is 14.5 Å². The smallest absolute Gasteiger partial charge is 0.327 e. The molecule has 2 rings (SSSR count). The lowest BCUT2D eigenvalue weighted by molar-refractivity contribution is -0.131. The molecule has 2 atom stereocenters. The Labute approximate surface area is 130 Å². The van der Waals surface area contributed by atoms with Crippen molar-refractivity contribution in [1.29, 1.82) is 0 Å². The Balaban J connectivity index is 0.00000220. The molecule has 2 aliphatic rings. The third-order valence-electron chi connectivity index (χ3n) is 4.09. The van der Waals surface area contributed by atoms with Crippen LogP contribution >= 0.6 is 12.4 Å². The van der Waals surface area contributed by atoms with Crippen LogP contribution in [0.25, 0.3) is 0 Å². The maximum atomic E-state index is 12.0. The molecule has 8 heteroatoms. The number of carbonyl (C=O) groups is 3. The highest BCUT2D eigenvalue weighted by atomic mass is 35.5. The lowest BCUT2D eigenvalue weighted by Crippen LogP contribution is -2.49. The minimum absolute atomic E-state index is 0. The predicted octanol–water partition coefficient (Wildman–Crippen LogP) is -0.0641. The van der Waals surface area contributed by atoms with E-state index in [2.05, 4.69) is 5.32 Å². The average Bonchev–Trinajstić information content (AvgIpc) is 2.66. The van der Waals surface area contributed by atoms with E-state index in [4.69, 9.17) is 5.73 Å². The normalized spacial score (nSPS) is 25.8. The number of halogens is 1. The summed E-state index contributed by atoms with van der Waals surface area (Å²) < 4.78 is 0. The quantitative estimate of drug-likeness (QED) is 0.710. The minimum Gasteiger partial charge on any atom is -0.351 e. The molecule has 2 unspecified atom stereocenters. The fourth-order valence-corrected chi connectivity index (χ4v) is 2.90. The third-order valence-corrected chi connectivity index (χ3v) is 4.09. The van der Waals surface area contributed by atoms with Crippen LogP contribution in [0.2, 0.25) is 0 Å². The topological polar surface area (TPSA) is 95.7 Å². The molecule has 21 heavy (non-hydrogen) atoms. The summed E-state index contributed by atoms with van der Waals surface area (Å²) in [5.41, 5.74) is 5.72. The number of nitrogens with two attached hydrogens (primary N) is 1. The van der Waals surface area contributed by atoms with Crippen molar-refractivity contribution in [2.24, 2.45) is 11.7 Å². The molecule has 0 aromatic carbocycles. The molecule has 7 nitrogen and oxygen atoms in total. The molecule has 1 aliphatic carbocycles. The second kappa shape index (κ2) is 7.61. The zero-order valence-corrected chi connectivity index (χ0v) is 13.0. The van der Waals surface area contributed by atoms with Gasteiger partial charge in [0, 0.05) is 13.1 Å². The van der Waals surface area contributed by atoms with Gasteiger partial charge in [0.2, 0.25) is 5.91 Å². The second-order valence-corrected chi connectivity index (χ2v) is 5.57. The Hall–Kier alpha value is -1.34. The molecule has 0 aromatic heterocycles. The lowest BCUT2D eigenvalue weighted by atomic mass is 9.84. The van der Waals surface area contributed by atoms with Crippen LogP contribution < -0.4 is 11.1 Å². The first-order valence-electron chi connectivity index (χ1n) is 7.07. The van der Waals surface area contributed by atoms with Crippen molar-refractivity contribution >= 4 is 30.3 Å². The highest BCUT2D eigenvalue weighted by molar-refractivity contribution is 6.04. The fraction of sp³-hybridized carbons (Fsp3) is 0.769. The fourth-order valence-electron chi connectivity index (χ4n) is 2.90. The van der Waals surface area contributed by atoms with E-state index in [1.807, 2.05) is 0 Å². The first-order chi connectivity index (χ1) is 9.52. The van der Waals surface area contributed by atoms with Gasteiger partial charge in [-0.25, -0.2) is 4.79 Å². The molecular weight excluding hydrogens is 296 g/mol. The zero-order chi connectivity index (χ0) is 14.7. The van der Waals surface area contributed by atoms with E-state index in [9.17, 15) is 14.4 Å². The summed E-state index contributed by atoms with van der Waals surface area (Å²) in [5, 5.41) is 2.92. The second-order valence-electron chi connectivity index (χ2n) is 5.57. The van der Waals surface area contributed by atoms with Crippen LogP contribution in [0, 0.1) is 5.92 Å². The molecule has 4 amide bonds. The Morgan fingerprint density at radius 2 is 2.00 bits per heavy atom. The minimum atomic E-state index is -0.413. The number of rotatable bonds is 4. The van der Waals surface area contributed by atoms with E-state index in [1.54, 1.807) is 7.05 Å². The summed E-state index contributed by atoms with van der Waals surface area (Å²) in [7, 11) is 1.55. The molecule has 1 aliphatic heterocycles. The van der Waals surface area contributed by atoms with E-state index < -0.39 is 6.03 Å². The largest absolute Gasteiger partial charge is 0.351 e. The summed E-state index contributed by atoms with van der Waals surface area (Å²) in [5.74, 6) is -0.320. The highest BCUT2D eigenvalue weighted by Gasteiger charge is 2.35. The van der Waals surface area contributed by atoms with E-state index >= 15 is 0 Å². The van der Waals surface area contributed by atoms with Gasteiger partial charge >= 0.3 is 6.03 Å². The number of nitrogens with zero attached hydrogens (tertiary/aromatic N) is 2. The molecule has 0 bridgehead atoms. The van der Waals surface area contributed by atoms with Crippen LogP contribution in [0.3, 0.4) is 0 Å². The number of hydrogen-bond donors (Lipinski definition) is 2. The first kappa shape index (κ1) is 17.7. The van der Waals surface area contributed by atoms with Gasteiger partial charge in [-0.2, -0.15) is 0 Å². The van der Waals surface area contributed by atoms with Gasteiger partial charge in [0.05, 0.1) is 0 Å². The molecule has 3 N–H and O–H groups in total. The summed E-state index contributed by atoms with van der Waals surface area (Å²) in [6.45, 7) is 0.395. The molecule has 0 radical (unpaired) electrons. The molecule has 0 aromatic rings. The maximum Gasteiger partial charge on any atom is 0.327 e. The lowest BCUT2D eigenvalue weighted by Gasteiger charge is -2.31. The van der Waals surface area contributed by atoms with Crippen molar-refractivity contribution in [3.63, 3.8) is 0 Å². The van der Waals surface area contributed by atoms with Gasteiger partial charge < -0.3 is 16.0 Å². The Bertz CT molecular complexity index is 418. The first-order valence-corrected chi connectivity index (χ1v) is 7.07. The van der Waals surface area contributed by atoms with Crippen LogP contribution in [-0.4, -0.2) is 60.4 Å². The van der Waals surface area contributed by atoms with Crippen molar-refractivity contribution in [2.75, 3.05) is 26.7 Å². The van der Waals surface area contributed by atoms with Crippen molar-refractivity contribution < 1.29 is 14.4 Å². The summed E-state index contributed by atoms with van der Waals surface area (Å²) in [6.07, 6.45) is 4.15. The van der Waals surface area contributed by atoms with Gasteiger partial charge in [0.1, 0.15) is 13.1 Å². The number of hydrogen-bond acceptors (Lipinski definition) is 4. The van der Waals surface area contributed by atoms with Crippen molar-refractivity contribution in [3.8, 4) is 0 Å². The maximum absolute atomic E-state index is 12.0. The van der Waals surface area contributed by atoms with E-state index in [0.717, 1.165) is 30.6 Å². The predicted molar refractivity (Wildman–Crippen MR) is 79.9 cm³/mol. The van der Waals surface area contributed by atoms with Crippen molar-refractivity contribution in [3.05, 3.63) is 0 Å². The summed E-state index contributed by atoms with van der Waals surface area (Å²) in [4.78, 5) is 37.6. The molecule has 1 saturated carbocycles. The number of carbonyl (C=O) groups excluding carboxylic acids is 3. The van der Waals surface area contributed by atoms with Gasteiger partial charge in [0.25, 0.3) is 5.91 Å². The van der Waals surface area contributed by atoms with Crippen LogP contribution in [0.4, 0.5) is 4.79 Å². The van der Waals surface area contributed by atoms with Crippen LogP contribution in [-0.2, 0) is 9.59 Å². The third kappa shape index (κ3) is 4.07. The number of likely N-dealkylation sites (N-methyl/N-ethyl adjacent to an activating group) is 1. The Morgan fingerprint density at radius 1 is 1.33 bits per heavy atom. The SMILES string of the molecule is CN1CC(=O)N(CC(=O)NC2CCCCC2CN)C1=O.Cl. The van der Waals surface area contributed by atoms with Crippen molar-refractivity contribution in [2.45, 2.75) is 31.7 Å². The van der Waals surface area contributed by atoms with Gasteiger partial charge in [-0.15, -0.1) is 12.4 Å². The average molecular weight is 319 g/mol. The molecule has 120 valence electrons. The number of urea groups is 1. The van der Waals surface area contributed by atoms with Crippen LogP contribution in [0.5, 0.6) is 0 Å². The summed E-state index contributed by atoms with van der Waals surface area (Å²) >= 11 is 0. The van der Waals surface area contributed by atoms with Gasteiger partial charge in [0.15, 0.2) is 0 Å². The standard InChI is InChI=1S/C13H22N4O3.ClH/c1-16-8-12(19)17(13(16)20)7-11(18)15-10-5-3-2-4-9(10)6-14;/h9-10H,2-8,14H2,1H3,(H,15,18);1H. The zero-order valence-electron chi connectivity index (χ0n) is 12.2. The van der Waals surface area contributed by atoms with E-state index in [1.165, 1.54) is 4.90 Å². The monoisotopic (exact) mass is 318 g/mol. The Morgan fingerprint density at radius 3 is 2.57 bits per heavy atom.